The zero-order valence-electron chi connectivity index (χ0n) is 12.9. The lowest BCUT2D eigenvalue weighted by Crippen LogP contribution is -2.43. The van der Waals surface area contributed by atoms with Gasteiger partial charge in [0.05, 0.1) is 17.1 Å². The number of nitro groups is 1. The van der Waals surface area contributed by atoms with Crippen molar-refractivity contribution >= 4 is 11.6 Å². The zero-order chi connectivity index (χ0) is 16.2. The number of nitro benzene ring substituents is 1. The molecule has 3 rings (SSSR count). The molecule has 0 saturated carbocycles. The second-order valence-corrected chi connectivity index (χ2v) is 6.83. The van der Waals surface area contributed by atoms with Crippen molar-refractivity contribution in [3.8, 4) is 0 Å². The molecule has 1 heterocycles. The molecule has 0 unspecified atom stereocenters. The monoisotopic (exact) mass is 304 g/mol. The minimum Gasteiger partial charge on any atom is -0.390 e. The number of benzene rings is 1. The second-order valence-electron chi connectivity index (χ2n) is 6.83. The van der Waals surface area contributed by atoms with Crippen molar-refractivity contribution in [2.75, 3.05) is 0 Å². The number of aliphatic hydroxyl groups excluding tert-OH is 1. The van der Waals surface area contributed by atoms with Gasteiger partial charge in [0.25, 0.3) is 5.69 Å². The summed E-state index contributed by atoms with van der Waals surface area (Å²) in [5.41, 5.74) is 1.03. The molecule has 0 aromatic heterocycles. The number of rotatable bonds is 2. The lowest BCUT2D eigenvalue weighted by Gasteiger charge is -2.34. The first-order valence-corrected chi connectivity index (χ1v) is 7.53. The van der Waals surface area contributed by atoms with Gasteiger partial charge in [0.2, 0.25) is 5.91 Å². The number of hydrogen-bond acceptors (Lipinski definition) is 4. The van der Waals surface area contributed by atoms with Crippen LogP contribution in [0.25, 0.3) is 0 Å². The van der Waals surface area contributed by atoms with Crippen LogP contribution in [0.5, 0.6) is 0 Å². The largest absolute Gasteiger partial charge is 0.390 e. The molecule has 1 N–H and O–H groups in total. The van der Waals surface area contributed by atoms with Crippen LogP contribution >= 0.6 is 0 Å². The van der Waals surface area contributed by atoms with E-state index in [4.69, 9.17) is 0 Å². The summed E-state index contributed by atoms with van der Waals surface area (Å²) in [4.78, 5) is 24.6. The molecule has 6 nitrogen and oxygen atoms in total. The fraction of sp³-hybridized carbons (Fsp3) is 0.562. The number of fused-ring (bicyclic) bond motifs is 1. The Labute approximate surface area is 128 Å². The van der Waals surface area contributed by atoms with Gasteiger partial charge in [0.15, 0.2) is 0 Å². The number of likely N-dealkylation sites (tertiary alicyclic amines) is 1. The Morgan fingerprint density at radius 3 is 2.64 bits per heavy atom. The quantitative estimate of drug-likeness (QED) is 0.671. The molecule has 0 bridgehead atoms. The van der Waals surface area contributed by atoms with E-state index in [1.807, 2.05) is 20.8 Å². The molecule has 118 valence electrons. The zero-order valence-corrected chi connectivity index (χ0v) is 12.9. The molecular formula is C16H20N2O4. The predicted octanol–water partition coefficient (Wildman–Crippen LogP) is 2.30. The second kappa shape index (κ2) is 4.78. The average Bonchev–Trinajstić information content (AvgIpc) is 2.87. The van der Waals surface area contributed by atoms with Gasteiger partial charge < -0.3 is 10.0 Å². The molecule has 1 aromatic rings. The van der Waals surface area contributed by atoms with E-state index in [0.29, 0.717) is 12.0 Å². The maximum atomic E-state index is 12.2. The van der Waals surface area contributed by atoms with Crippen molar-refractivity contribution in [2.45, 2.75) is 57.2 Å². The lowest BCUT2D eigenvalue weighted by atomic mass is 9.84. The number of carbonyl (C=O) groups excluding carboxylic acids is 1. The van der Waals surface area contributed by atoms with E-state index < -0.39 is 22.5 Å². The van der Waals surface area contributed by atoms with Crippen LogP contribution < -0.4 is 0 Å². The highest BCUT2D eigenvalue weighted by atomic mass is 16.6. The van der Waals surface area contributed by atoms with Crippen LogP contribution in [0.1, 0.15) is 50.8 Å². The van der Waals surface area contributed by atoms with Gasteiger partial charge in [0.1, 0.15) is 0 Å². The molecule has 1 aliphatic carbocycles. The van der Waals surface area contributed by atoms with Gasteiger partial charge in [-0.15, -0.1) is 0 Å². The lowest BCUT2D eigenvalue weighted by molar-refractivity contribution is -0.385. The van der Waals surface area contributed by atoms with E-state index in [1.165, 1.54) is 12.1 Å². The van der Waals surface area contributed by atoms with Gasteiger partial charge in [-0.1, -0.05) is 19.9 Å². The van der Waals surface area contributed by atoms with Crippen LogP contribution in [0.4, 0.5) is 5.69 Å². The fourth-order valence-electron chi connectivity index (χ4n) is 3.80. The third kappa shape index (κ3) is 1.94. The summed E-state index contributed by atoms with van der Waals surface area (Å²) in [5, 5.41) is 21.9. The average molecular weight is 304 g/mol. The number of carbonyl (C=O) groups is 1. The Hall–Kier alpha value is -1.95. The van der Waals surface area contributed by atoms with E-state index in [-0.39, 0.29) is 17.6 Å². The smallest absolute Gasteiger partial charge is 0.269 e. The van der Waals surface area contributed by atoms with Gasteiger partial charge in [-0.2, -0.15) is 0 Å². The third-order valence-corrected chi connectivity index (χ3v) is 5.14. The van der Waals surface area contributed by atoms with Gasteiger partial charge >= 0.3 is 0 Å². The SMILES string of the molecule is C[C@@H]1CCC(=O)N1[C@H]1c2cc([N+](=O)[O-])ccc2C(C)(C)[C@@H]1O. The maximum absolute atomic E-state index is 12.2. The minimum absolute atomic E-state index is 0.00621. The highest BCUT2D eigenvalue weighted by Crippen LogP contribution is 2.50. The summed E-state index contributed by atoms with van der Waals surface area (Å²) in [7, 11) is 0. The number of nitrogens with zero attached hydrogens (tertiary/aromatic N) is 2. The van der Waals surface area contributed by atoms with Gasteiger partial charge in [0, 0.05) is 30.0 Å². The highest BCUT2D eigenvalue weighted by Gasteiger charge is 2.51. The highest BCUT2D eigenvalue weighted by molar-refractivity contribution is 5.79. The number of hydrogen-bond donors (Lipinski definition) is 1. The summed E-state index contributed by atoms with van der Waals surface area (Å²) in [5.74, 6) is 0.00621. The fourth-order valence-corrected chi connectivity index (χ4v) is 3.80. The Kier molecular flexibility index (Phi) is 3.25. The summed E-state index contributed by atoms with van der Waals surface area (Å²) in [6.07, 6.45) is 0.455. The Bertz CT molecular complexity index is 656. The minimum atomic E-state index is -0.769. The molecule has 1 amide bonds. The van der Waals surface area contributed by atoms with Crippen LogP contribution in [-0.2, 0) is 10.2 Å². The Morgan fingerprint density at radius 2 is 2.09 bits per heavy atom. The van der Waals surface area contributed by atoms with Crippen LogP contribution in [0, 0.1) is 10.1 Å². The molecule has 1 saturated heterocycles. The first-order chi connectivity index (χ1) is 10.2. The Morgan fingerprint density at radius 1 is 1.41 bits per heavy atom. The van der Waals surface area contributed by atoms with Crippen molar-refractivity contribution in [2.24, 2.45) is 0 Å². The summed E-state index contributed by atoms with van der Waals surface area (Å²) < 4.78 is 0. The summed E-state index contributed by atoms with van der Waals surface area (Å²) >= 11 is 0. The van der Waals surface area contributed by atoms with Crippen LogP contribution in [0.3, 0.4) is 0 Å². The first kappa shape index (κ1) is 15.0. The van der Waals surface area contributed by atoms with Crippen molar-refractivity contribution in [3.63, 3.8) is 0 Å². The Balaban J connectivity index is 2.15. The number of amides is 1. The normalized spacial score (nSPS) is 29.7. The van der Waals surface area contributed by atoms with E-state index in [1.54, 1.807) is 11.0 Å². The van der Waals surface area contributed by atoms with E-state index >= 15 is 0 Å². The van der Waals surface area contributed by atoms with Crippen LogP contribution in [-0.4, -0.2) is 33.0 Å². The molecule has 22 heavy (non-hydrogen) atoms. The number of non-ortho nitro benzene ring substituents is 1. The van der Waals surface area contributed by atoms with Crippen molar-refractivity contribution in [3.05, 3.63) is 39.4 Å². The molecule has 3 atom stereocenters. The number of aliphatic hydroxyl groups is 1. The van der Waals surface area contributed by atoms with Crippen molar-refractivity contribution < 1.29 is 14.8 Å². The molecule has 1 aromatic carbocycles. The third-order valence-electron chi connectivity index (χ3n) is 5.14. The predicted molar refractivity (Wildman–Crippen MR) is 80.4 cm³/mol. The van der Waals surface area contributed by atoms with E-state index in [9.17, 15) is 20.0 Å². The molecule has 0 spiro atoms. The molecular weight excluding hydrogens is 284 g/mol. The van der Waals surface area contributed by atoms with Gasteiger partial charge in [-0.25, -0.2) is 0 Å². The van der Waals surface area contributed by atoms with Gasteiger partial charge in [-0.3, -0.25) is 14.9 Å². The van der Waals surface area contributed by atoms with E-state index in [0.717, 1.165) is 12.0 Å². The molecule has 2 aliphatic rings. The first-order valence-electron chi connectivity index (χ1n) is 7.53. The van der Waals surface area contributed by atoms with Crippen LogP contribution in [0.2, 0.25) is 0 Å². The topological polar surface area (TPSA) is 83.7 Å². The summed E-state index contributed by atoms with van der Waals surface area (Å²) in [6.45, 7) is 5.78. The molecule has 1 fully saturated rings. The molecule has 1 aliphatic heterocycles. The van der Waals surface area contributed by atoms with Crippen molar-refractivity contribution in [1.82, 2.24) is 4.90 Å². The van der Waals surface area contributed by atoms with E-state index in [2.05, 4.69) is 0 Å². The molecule has 0 radical (unpaired) electrons. The van der Waals surface area contributed by atoms with Crippen LogP contribution in [0.15, 0.2) is 18.2 Å². The van der Waals surface area contributed by atoms with Crippen molar-refractivity contribution in [1.29, 1.82) is 0 Å². The van der Waals surface area contributed by atoms with Gasteiger partial charge in [-0.05, 0) is 24.5 Å². The maximum Gasteiger partial charge on any atom is 0.269 e. The molecule has 6 heteroatoms. The standard InChI is InChI=1S/C16H20N2O4/c1-9-4-7-13(19)17(9)14-11-8-10(18(21)22)5-6-12(11)16(2,3)15(14)20/h5-6,8-9,14-15,20H,4,7H2,1-3H3/t9-,14+,15-/m1/s1. The summed E-state index contributed by atoms with van der Waals surface area (Å²) in [6, 6.07) is 4.21.